The lowest BCUT2D eigenvalue weighted by Crippen LogP contribution is -2.25. The molecule has 0 aliphatic heterocycles. The summed E-state index contributed by atoms with van der Waals surface area (Å²) in [7, 11) is 0. The first kappa shape index (κ1) is 19.4. The minimum atomic E-state index is -0.828. The minimum Gasteiger partial charge on any atom is -0.385 e. The molecule has 0 radical (unpaired) electrons. The highest BCUT2D eigenvalue weighted by molar-refractivity contribution is 5.83. The molecule has 27 heavy (non-hydrogen) atoms. The number of aryl methyl sites for hydroxylation is 3. The van der Waals surface area contributed by atoms with E-state index < -0.39 is 5.60 Å². The quantitative estimate of drug-likeness (QED) is 0.480. The Morgan fingerprint density at radius 2 is 1.67 bits per heavy atom. The van der Waals surface area contributed by atoms with Gasteiger partial charge in [-0.15, -0.1) is 0 Å². The Balaban J connectivity index is 2.04. The number of imidazole rings is 1. The first-order valence-corrected chi connectivity index (χ1v) is 9.94. The highest BCUT2D eigenvalue weighted by Gasteiger charge is 2.30. The zero-order valence-corrected chi connectivity index (χ0v) is 17.1. The van der Waals surface area contributed by atoms with Crippen molar-refractivity contribution in [2.75, 3.05) is 5.32 Å². The fourth-order valence-corrected chi connectivity index (χ4v) is 4.18. The third kappa shape index (κ3) is 3.86. The van der Waals surface area contributed by atoms with E-state index in [2.05, 4.69) is 57.1 Å². The molecule has 4 heteroatoms. The second-order valence-corrected chi connectivity index (χ2v) is 7.72. The molecule has 1 aromatic heterocycles. The number of benzene rings is 2. The van der Waals surface area contributed by atoms with Gasteiger partial charge in [-0.1, -0.05) is 56.5 Å². The Kier molecular flexibility index (Phi) is 5.56. The number of aromatic nitrogens is 2. The van der Waals surface area contributed by atoms with Crippen LogP contribution in [0.4, 0.5) is 11.6 Å². The predicted molar refractivity (Wildman–Crippen MR) is 114 cm³/mol. The largest absolute Gasteiger partial charge is 0.385 e. The zero-order chi connectivity index (χ0) is 19.6. The number of rotatable bonds is 7. The molecule has 0 saturated carbocycles. The van der Waals surface area contributed by atoms with Crippen LogP contribution in [0.3, 0.4) is 0 Å². The first-order valence-electron chi connectivity index (χ1n) is 9.94. The minimum absolute atomic E-state index is 0.711. The summed E-state index contributed by atoms with van der Waals surface area (Å²) in [4.78, 5) is 8.19. The Labute approximate surface area is 162 Å². The Morgan fingerprint density at radius 3 is 2.26 bits per heavy atom. The number of aromatic amines is 1. The van der Waals surface area contributed by atoms with Crippen molar-refractivity contribution >= 4 is 22.7 Å². The van der Waals surface area contributed by atoms with Gasteiger partial charge in [-0.2, -0.15) is 0 Å². The smallest absolute Gasteiger partial charge is 0.205 e. The molecule has 2 aromatic carbocycles. The van der Waals surface area contributed by atoms with Crippen LogP contribution in [-0.2, 0) is 5.60 Å². The molecule has 3 rings (SSSR count). The lowest BCUT2D eigenvalue weighted by atomic mass is 9.84. The van der Waals surface area contributed by atoms with E-state index in [-0.39, 0.29) is 0 Å². The SMILES string of the molecule is CCCC(O)(CCC)c1cccc2[nH]c(Nc3c(C)cc(C)cc3C)nc12. The monoisotopic (exact) mass is 365 g/mol. The second-order valence-electron chi connectivity index (χ2n) is 7.72. The number of hydrogen-bond donors (Lipinski definition) is 3. The fourth-order valence-electron chi connectivity index (χ4n) is 4.18. The van der Waals surface area contributed by atoms with E-state index in [4.69, 9.17) is 4.98 Å². The summed E-state index contributed by atoms with van der Waals surface area (Å²) in [5, 5.41) is 14.8. The van der Waals surface area contributed by atoms with Crippen LogP contribution in [-0.4, -0.2) is 15.1 Å². The summed E-state index contributed by atoms with van der Waals surface area (Å²) in [6.07, 6.45) is 3.35. The van der Waals surface area contributed by atoms with E-state index >= 15 is 0 Å². The second kappa shape index (κ2) is 7.73. The summed E-state index contributed by atoms with van der Waals surface area (Å²) in [5.74, 6) is 0.711. The normalized spacial score (nSPS) is 11.9. The van der Waals surface area contributed by atoms with Crippen molar-refractivity contribution in [1.82, 2.24) is 9.97 Å². The van der Waals surface area contributed by atoms with Gasteiger partial charge in [0.15, 0.2) is 0 Å². The van der Waals surface area contributed by atoms with Gasteiger partial charge in [-0.25, -0.2) is 4.98 Å². The molecule has 0 aliphatic rings. The van der Waals surface area contributed by atoms with Gasteiger partial charge in [0, 0.05) is 11.3 Å². The van der Waals surface area contributed by atoms with Crippen LogP contribution in [0.1, 0.15) is 61.8 Å². The van der Waals surface area contributed by atoms with E-state index in [0.29, 0.717) is 5.95 Å². The van der Waals surface area contributed by atoms with Crippen LogP contribution in [0.5, 0.6) is 0 Å². The van der Waals surface area contributed by atoms with Gasteiger partial charge in [0.1, 0.15) is 0 Å². The molecular weight excluding hydrogens is 334 g/mol. The Hall–Kier alpha value is -2.33. The molecule has 0 fully saturated rings. The van der Waals surface area contributed by atoms with Crippen LogP contribution in [0.2, 0.25) is 0 Å². The van der Waals surface area contributed by atoms with E-state index in [1.54, 1.807) is 0 Å². The Morgan fingerprint density at radius 1 is 1.04 bits per heavy atom. The van der Waals surface area contributed by atoms with Crippen molar-refractivity contribution in [1.29, 1.82) is 0 Å². The molecule has 0 amide bonds. The lowest BCUT2D eigenvalue weighted by molar-refractivity contribution is 0.0183. The van der Waals surface area contributed by atoms with Gasteiger partial charge in [-0.3, -0.25) is 0 Å². The van der Waals surface area contributed by atoms with Gasteiger partial charge < -0.3 is 15.4 Å². The maximum Gasteiger partial charge on any atom is 0.205 e. The highest BCUT2D eigenvalue weighted by Crippen LogP contribution is 2.36. The molecule has 0 atom stereocenters. The van der Waals surface area contributed by atoms with E-state index in [9.17, 15) is 5.11 Å². The van der Waals surface area contributed by atoms with Crippen LogP contribution >= 0.6 is 0 Å². The van der Waals surface area contributed by atoms with Gasteiger partial charge in [0.2, 0.25) is 5.95 Å². The maximum atomic E-state index is 11.3. The third-order valence-electron chi connectivity index (χ3n) is 5.26. The van der Waals surface area contributed by atoms with Crippen molar-refractivity contribution in [3.63, 3.8) is 0 Å². The number of para-hydroxylation sites is 1. The van der Waals surface area contributed by atoms with Crippen LogP contribution < -0.4 is 5.32 Å². The Bertz CT molecular complexity index is 913. The molecule has 0 saturated heterocycles. The van der Waals surface area contributed by atoms with E-state index in [1.165, 1.54) is 16.7 Å². The molecule has 3 aromatic rings. The molecule has 0 bridgehead atoms. The van der Waals surface area contributed by atoms with Crippen molar-refractivity contribution < 1.29 is 5.11 Å². The maximum absolute atomic E-state index is 11.3. The highest BCUT2D eigenvalue weighted by atomic mass is 16.3. The molecule has 0 unspecified atom stereocenters. The van der Waals surface area contributed by atoms with Crippen molar-refractivity contribution in [2.24, 2.45) is 0 Å². The fraction of sp³-hybridized carbons (Fsp3) is 0.435. The number of anilines is 2. The van der Waals surface area contributed by atoms with Gasteiger partial charge in [0.25, 0.3) is 0 Å². The number of aliphatic hydroxyl groups is 1. The first-order chi connectivity index (χ1) is 12.9. The lowest BCUT2D eigenvalue weighted by Gasteiger charge is -2.28. The number of fused-ring (bicyclic) bond motifs is 1. The summed E-state index contributed by atoms with van der Waals surface area (Å²) < 4.78 is 0. The third-order valence-corrected chi connectivity index (χ3v) is 5.26. The summed E-state index contributed by atoms with van der Waals surface area (Å²) >= 11 is 0. The number of nitrogens with zero attached hydrogens (tertiary/aromatic N) is 1. The van der Waals surface area contributed by atoms with Gasteiger partial charge in [-0.05, 0) is 50.8 Å². The average molecular weight is 366 g/mol. The zero-order valence-electron chi connectivity index (χ0n) is 17.1. The molecular formula is C23H31N3O. The van der Waals surface area contributed by atoms with E-state index in [0.717, 1.165) is 48.0 Å². The topological polar surface area (TPSA) is 60.9 Å². The van der Waals surface area contributed by atoms with Gasteiger partial charge >= 0.3 is 0 Å². The molecule has 0 aliphatic carbocycles. The number of nitrogens with one attached hydrogen (secondary N) is 2. The number of hydrogen-bond acceptors (Lipinski definition) is 3. The van der Waals surface area contributed by atoms with Crippen LogP contribution in [0.15, 0.2) is 30.3 Å². The summed E-state index contributed by atoms with van der Waals surface area (Å²) in [6.45, 7) is 10.6. The van der Waals surface area contributed by atoms with Crippen molar-refractivity contribution in [2.45, 2.75) is 65.9 Å². The van der Waals surface area contributed by atoms with E-state index in [1.807, 2.05) is 18.2 Å². The summed E-state index contributed by atoms with van der Waals surface area (Å²) in [5.41, 5.74) is 6.62. The standard InChI is InChI=1S/C23H31N3O/c1-6-11-23(27,12-7-2)18-9-8-10-19-21(18)26-22(24-19)25-20-16(4)13-15(3)14-17(20)5/h8-10,13-14,27H,6-7,11-12H2,1-5H3,(H2,24,25,26). The molecule has 3 N–H and O–H groups in total. The average Bonchev–Trinajstić information content (AvgIpc) is 3.01. The molecule has 4 nitrogen and oxygen atoms in total. The predicted octanol–water partition coefficient (Wildman–Crippen LogP) is 6.02. The molecule has 144 valence electrons. The number of H-pyrrole nitrogens is 1. The summed E-state index contributed by atoms with van der Waals surface area (Å²) in [6, 6.07) is 10.4. The van der Waals surface area contributed by atoms with Crippen LogP contribution in [0, 0.1) is 20.8 Å². The van der Waals surface area contributed by atoms with Gasteiger partial charge in [0.05, 0.1) is 16.6 Å². The van der Waals surface area contributed by atoms with Crippen LogP contribution in [0.25, 0.3) is 11.0 Å². The molecule has 1 heterocycles. The van der Waals surface area contributed by atoms with Crippen molar-refractivity contribution in [3.05, 3.63) is 52.6 Å². The molecule has 0 spiro atoms. The van der Waals surface area contributed by atoms with Crippen molar-refractivity contribution in [3.8, 4) is 0 Å².